The third-order valence-electron chi connectivity index (χ3n) is 3.19. The van der Waals surface area contributed by atoms with Crippen molar-refractivity contribution in [3.05, 3.63) is 53.5 Å². The van der Waals surface area contributed by atoms with Gasteiger partial charge in [-0.3, -0.25) is 4.98 Å². The van der Waals surface area contributed by atoms with Crippen LogP contribution in [0, 0.1) is 0 Å². The van der Waals surface area contributed by atoms with Crippen molar-refractivity contribution >= 4 is 11.8 Å². The van der Waals surface area contributed by atoms with Crippen molar-refractivity contribution in [2.24, 2.45) is 0 Å². The van der Waals surface area contributed by atoms with Crippen molar-refractivity contribution in [1.82, 2.24) is 9.97 Å². The van der Waals surface area contributed by atoms with E-state index in [9.17, 15) is 9.90 Å². The van der Waals surface area contributed by atoms with Crippen molar-refractivity contribution in [3.8, 4) is 0 Å². The molecule has 21 heavy (non-hydrogen) atoms. The fourth-order valence-electron chi connectivity index (χ4n) is 1.97. The predicted molar refractivity (Wildman–Crippen MR) is 81.6 cm³/mol. The molecule has 1 N–H and O–H groups in total. The van der Waals surface area contributed by atoms with Crippen molar-refractivity contribution in [3.63, 3.8) is 0 Å². The summed E-state index contributed by atoms with van der Waals surface area (Å²) in [7, 11) is 1.88. The minimum absolute atomic E-state index is 0.173. The number of rotatable bonds is 5. The first-order valence-corrected chi connectivity index (χ1v) is 6.83. The number of carboxylic acids is 1. The maximum Gasteiger partial charge on any atom is 0.335 e. The van der Waals surface area contributed by atoms with Crippen LogP contribution < -0.4 is 4.90 Å². The van der Waals surface area contributed by atoms with Crippen molar-refractivity contribution in [2.45, 2.75) is 26.3 Å². The molecule has 0 radical (unpaired) electrons. The Morgan fingerprint density at radius 3 is 2.67 bits per heavy atom. The average molecular weight is 285 g/mol. The van der Waals surface area contributed by atoms with Crippen LogP contribution in [-0.2, 0) is 6.54 Å². The van der Waals surface area contributed by atoms with Gasteiger partial charge in [-0.05, 0) is 30.2 Å². The lowest BCUT2D eigenvalue weighted by Crippen LogP contribution is -2.20. The molecule has 0 unspecified atom stereocenters. The van der Waals surface area contributed by atoms with Crippen LogP contribution in [0.15, 0.2) is 36.5 Å². The van der Waals surface area contributed by atoms with Crippen LogP contribution in [0.5, 0.6) is 0 Å². The Morgan fingerprint density at radius 1 is 1.33 bits per heavy atom. The highest BCUT2D eigenvalue weighted by Gasteiger charge is 2.13. The molecule has 2 heterocycles. The molecule has 0 bridgehead atoms. The Bertz CT molecular complexity index is 627. The van der Waals surface area contributed by atoms with Gasteiger partial charge in [-0.15, -0.1) is 0 Å². The van der Waals surface area contributed by atoms with E-state index in [1.165, 1.54) is 0 Å². The second kappa shape index (κ2) is 6.35. The molecule has 110 valence electrons. The maximum atomic E-state index is 11.3. The molecule has 0 aromatic carbocycles. The number of hydrogen-bond acceptors (Lipinski definition) is 4. The summed E-state index contributed by atoms with van der Waals surface area (Å²) < 4.78 is 0. The van der Waals surface area contributed by atoms with Gasteiger partial charge >= 0.3 is 5.97 Å². The van der Waals surface area contributed by atoms with E-state index in [1.54, 1.807) is 18.3 Å². The summed E-state index contributed by atoms with van der Waals surface area (Å²) in [6.07, 6.45) is 1.74. The zero-order chi connectivity index (χ0) is 15.4. The largest absolute Gasteiger partial charge is 0.478 e. The van der Waals surface area contributed by atoms with E-state index in [1.807, 2.05) is 44.0 Å². The van der Waals surface area contributed by atoms with Gasteiger partial charge in [0, 0.05) is 18.9 Å². The minimum Gasteiger partial charge on any atom is -0.478 e. The van der Waals surface area contributed by atoms with Crippen LogP contribution in [0.4, 0.5) is 5.82 Å². The summed E-state index contributed by atoms with van der Waals surface area (Å²) >= 11 is 0. The first-order valence-electron chi connectivity index (χ1n) is 6.83. The molecule has 0 amide bonds. The quantitative estimate of drug-likeness (QED) is 0.915. The summed E-state index contributed by atoms with van der Waals surface area (Å²) in [6, 6.07) is 8.95. The van der Waals surface area contributed by atoms with Gasteiger partial charge in [0.05, 0.1) is 17.8 Å². The molecule has 2 rings (SSSR count). The highest BCUT2D eigenvalue weighted by Crippen LogP contribution is 2.20. The summed E-state index contributed by atoms with van der Waals surface area (Å²) in [5.41, 5.74) is 1.95. The standard InChI is InChI=1S/C16H19N3O2/c1-11(2)14-8-12(16(20)21)9-15(18-14)19(3)10-13-6-4-5-7-17-13/h4-9,11H,10H2,1-3H3,(H,20,21). The zero-order valence-corrected chi connectivity index (χ0v) is 12.4. The lowest BCUT2D eigenvalue weighted by Gasteiger charge is -2.20. The van der Waals surface area contributed by atoms with Crippen LogP contribution in [0.2, 0.25) is 0 Å². The average Bonchev–Trinajstić information content (AvgIpc) is 2.47. The molecule has 0 aliphatic heterocycles. The smallest absolute Gasteiger partial charge is 0.335 e. The van der Waals surface area contributed by atoms with Gasteiger partial charge in [0.25, 0.3) is 0 Å². The van der Waals surface area contributed by atoms with Gasteiger partial charge in [-0.2, -0.15) is 0 Å². The van der Waals surface area contributed by atoms with Gasteiger partial charge in [-0.25, -0.2) is 9.78 Å². The van der Waals surface area contributed by atoms with E-state index in [2.05, 4.69) is 9.97 Å². The first-order chi connectivity index (χ1) is 9.97. The third kappa shape index (κ3) is 3.78. The Kier molecular flexibility index (Phi) is 4.52. The molecular weight excluding hydrogens is 266 g/mol. The summed E-state index contributed by atoms with van der Waals surface area (Å²) in [5, 5.41) is 9.23. The monoisotopic (exact) mass is 285 g/mol. The number of aromatic nitrogens is 2. The lowest BCUT2D eigenvalue weighted by atomic mass is 10.1. The number of pyridine rings is 2. The van der Waals surface area contributed by atoms with Gasteiger partial charge in [0.2, 0.25) is 0 Å². The second-order valence-corrected chi connectivity index (χ2v) is 5.28. The topological polar surface area (TPSA) is 66.3 Å². The Morgan fingerprint density at radius 2 is 2.10 bits per heavy atom. The highest BCUT2D eigenvalue weighted by molar-refractivity contribution is 5.88. The molecule has 0 aliphatic rings. The Labute approximate surface area is 124 Å². The SMILES string of the molecule is CC(C)c1cc(C(=O)O)cc(N(C)Cc2ccccn2)n1. The number of carbonyl (C=O) groups is 1. The van der Waals surface area contributed by atoms with E-state index >= 15 is 0 Å². The molecule has 0 atom stereocenters. The summed E-state index contributed by atoms with van der Waals surface area (Å²) in [5.74, 6) is -0.123. The number of nitrogens with zero attached hydrogens (tertiary/aromatic N) is 3. The van der Waals surface area contributed by atoms with Crippen molar-refractivity contribution < 1.29 is 9.90 Å². The second-order valence-electron chi connectivity index (χ2n) is 5.28. The number of aromatic carboxylic acids is 1. The number of anilines is 1. The van der Waals surface area contributed by atoms with Crippen LogP contribution in [0.3, 0.4) is 0 Å². The number of hydrogen-bond donors (Lipinski definition) is 1. The van der Waals surface area contributed by atoms with E-state index in [0.717, 1.165) is 11.4 Å². The van der Waals surface area contributed by atoms with E-state index in [-0.39, 0.29) is 11.5 Å². The van der Waals surface area contributed by atoms with Crippen LogP contribution in [0.1, 0.15) is 41.5 Å². The van der Waals surface area contributed by atoms with Gasteiger partial charge < -0.3 is 10.0 Å². The summed E-state index contributed by atoms with van der Waals surface area (Å²) in [4.78, 5) is 22.0. The molecule has 0 saturated heterocycles. The molecular formula is C16H19N3O2. The molecule has 2 aromatic rings. The van der Waals surface area contributed by atoms with Crippen molar-refractivity contribution in [1.29, 1.82) is 0 Å². The fourth-order valence-corrected chi connectivity index (χ4v) is 1.97. The number of carboxylic acid groups (broad SMARTS) is 1. The molecule has 0 fully saturated rings. The predicted octanol–water partition coefficient (Wildman–Crippen LogP) is 2.93. The van der Waals surface area contributed by atoms with Gasteiger partial charge in [0.15, 0.2) is 0 Å². The molecule has 5 heteroatoms. The van der Waals surface area contributed by atoms with Crippen molar-refractivity contribution in [2.75, 3.05) is 11.9 Å². The zero-order valence-electron chi connectivity index (χ0n) is 12.4. The van der Waals surface area contributed by atoms with E-state index in [4.69, 9.17) is 0 Å². The highest BCUT2D eigenvalue weighted by atomic mass is 16.4. The van der Waals surface area contributed by atoms with E-state index in [0.29, 0.717) is 12.4 Å². The van der Waals surface area contributed by atoms with Gasteiger partial charge in [-0.1, -0.05) is 19.9 Å². The summed E-state index contributed by atoms with van der Waals surface area (Å²) in [6.45, 7) is 4.57. The minimum atomic E-state index is -0.938. The van der Waals surface area contributed by atoms with Crippen LogP contribution >= 0.6 is 0 Å². The fraction of sp³-hybridized carbons (Fsp3) is 0.312. The normalized spacial score (nSPS) is 10.7. The van der Waals surface area contributed by atoms with Gasteiger partial charge in [0.1, 0.15) is 5.82 Å². The Balaban J connectivity index is 2.31. The molecule has 0 spiro atoms. The van der Waals surface area contributed by atoms with E-state index < -0.39 is 5.97 Å². The van der Waals surface area contributed by atoms with Crippen LogP contribution in [0.25, 0.3) is 0 Å². The maximum absolute atomic E-state index is 11.3. The molecule has 0 aliphatic carbocycles. The third-order valence-corrected chi connectivity index (χ3v) is 3.19. The molecule has 2 aromatic heterocycles. The first kappa shape index (κ1) is 15.0. The lowest BCUT2D eigenvalue weighted by molar-refractivity contribution is 0.0696. The van der Waals surface area contributed by atoms with Crippen LogP contribution in [-0.4, -0.2) is 28.1 Å². The Hall–Kier alpha value is -2.43. The molecule has 5 nitrogen and oxygen atoms in total. The molecule has 0 saturated carbocycles.